The van der Waals surface area contributed by atoms with Crippen LogP contribution in [0.4, 0.5) is 0 Å². The van der Waals surface area contributed by atoms with Crippen LogP contribution in [0, 0.1) is 0 Å². The molecule has 1 aromatic rings. The van der Waals surface area contributed by atoms with Gasteiger partial charge in [0.15, 0.2) is 0 Å². The molecular weight excluding hydrogens is 282 g/mol. The Morgan fingerprint density at radius 2 is 2.09 bits per heavy atom. The van der Waals surface area contributed by atoms with Gasteiger partial charge in [0.1, 0.15) is 0 Å². The van der Waals surface area contributed by atoms with Crippen LogP contribution in [-0.2, 0) is 9.53 Å². The molecular formula is C17H21NO4. The normalized spacial score (nSPS) is 18.6. The van der Waals surface area contributed by atoms with Gasteiger partial charge in [0.05, 0.1) is 11.7 Å². The molecule has 1 unspecified atom stereocenters. The third-order valence-corrected chi connectivity index (χ3v) is 3.67. The zero-order valence-electron chi connectivity index (χ0n) is 12.7. The topological polar surface area (TPSA) is 66.8 Å². The fourth-order valence-electron chi connectivity index (χ4n) is 2.52. The van der Waals surface area contributed by atoms with Gasteiger partial charge in [0, 0.05) is 25.8 Å². The average Bonchev–Trinajstić information content (AvgIpc) is 2.53. The van der Waals surface area contributed by atoms with Gasteiger partial charge < -0.3 is 14.7 Å². The van der Waals surface area contributed by atoms with Gasteiger partial charge in [-0.05, 0) is 43.5 Å². The number of likely N-dealkylation sites (tertiary alicyclic amines) is 1. The number of carboxylic acids is 1. The molecule has 1 aromatic carbocycles. The van der Waals surface area contributed by atoms with E-state index in [1.807, 2.05) is 6.92 Å². The van der Waals surface area contributed by atoms with Crippen molar-refractivity contribution in [2.24, 2.45) is 0 Å². The highest BCUT2D eigenvalue weighted by atomic mass is 16.5. The molecule has 2 rings (SSSR count). The molecule has 0 aromatic heterocycles. The van der Waals surface area contributed by atoms with Crippen molar-refractivity contribution in [2.75, 3.05) is 19.7 Å². The van der Waals surface area contributed by atoms with Crippen LogP contribution >= 0.6 is 0 Å². The summed E-state index contributed by atoms with van der Waals surface area (Å²) >= 11 is 0. The molecule has 0 aliphatic carbocycles. The average molecular weight is 303 g/mol. The second kappa shape index (κ2) is 7.75. The lowest BCUT2D eigenvalue weighted by molar-refractivity contribution is -0.129. The number of hydrogen-bond acceptors (Lipinski definition) is 3. The fraction of sp³-hybridized carbons (Fsp3) is 0.412. The molecule has 1 heterocycles. The zero-order chi connectivity index (χ0) is 15.9. The Labute approximate surface area is 130 Å². The zero-order valence-corrected chi connectivity index (χ0v) is 12.7. The van der Waals surface area contributed by atoms with Crippen molar-refractivity contribution < 1.29 is 19.4 Å². The van der Waals surface area contributed by atoms with Crippen LogP contribution in [0.25, 0.3) is 6.08 Å². The van der Waals surface area contributed by atoms with E-state index in [0.717, 1.165) is 24.9 Å². The summed E-state index contributed by atoms with van der Waals surface area (Å²) in [5.41, 5.74) is 1.04. The van der Waals surface area contributed by atoms with Crippen LogP contribution in [-0.4, -0.2) is 47.7 Å². The van der Waals surface area contributed by atoms with Crippen molar-refractivity contribution in [1.82, 2.24) is 4.90 Å². The predicted molar refractivity (Wildman–Crippen MR) is 83.7 cm³/mol. The number of benzene rings is 1. The van der Waals surface area contributed by atoms with Crippen LogP contribution in [0.15, 0.2) is 30.3 Å². The number of aromatic carboxylic acids is 1. The third-order valence-electron chi connectivity index (χ3n) is 3.67. The maximum Gasteiger partial charge on any atom is 0.335 e. The molecule has 1 saturated heterocycles. The lowest BCUT2D eigenvalue weighted by Crippen LogP contribution is -2.42. The predicted octanol–water partition coefficient (Wildman–Crippen LogP) is 2.43. The summed E-state index contributed by atoms with van der Waals surface area (Å²) in [6, 6.07) is 6.43. The molecule has 0 spiro atoms. The number of rotatable bonds is 5. The number of hydrogen-bond donors (Lipinski definition) is 1. The molecule has 1 atom stereocenters. The van der Waals surface area contributed by atoms with E-state index in [-0.39, 0.29) is 17.6 Å². The molecule has 1 aliphatic rings. The molecule has 1 fully saturated rings. The molecule has 1 aliphatic heterocycles. The van der Waals surface area contributed by atoms with E-state index in [9.17, 15) is 9.59 Å². The molecule has 118 valence electrons. The SMILES string of the molecule is CCOC1CCCN(C(=O)C=Cc2ccc(C(=O)O)cc2)C1. The molecule has 1 amide bonds. The molecule has 5 heteroatoms. The van der Waals surface area contributed by atoms with Gasteiger partial charge in [0.2, 0.25) is 5.91 Å². The summed E-state index contributed by atoms with van der Waals surface area (Å²) in [6.45, 7) is 4.01. The minimum Gasteiger partial charge on any atom is -0.478 e. The highest BCUT2D eigenvalue weighted by Gasteiger charge is 2.22. The van der Waals surface area contributed by atoms with E-state index in [0.29, 0.717) is 13.2 Å². The summed E-state index contributed by atoms with van der Waals surface area (Å²) in [5.74, 6) is -0.992. The molecule has 0 saturated carbocycles. The van der Waals surface area contributed by atoms with E-state index in [4.69, 9.17) is 9.84 Å². The summed E-state index contributed by atoms with van der Waals surface area (Å²) < 4.78 is 5.59. The Morgan fingerprint density at radius 1 is 1.36 bits per heavy atom. The van der Waals surface area contributed by atoms with Crippen molar-refractivity contribution in [2.45, 2.75) is 25.9 Å². The van der Waals surface area contributed by atoms with Crippen molar-refractivity contribution in [3.05, 3.63) is 41.5 Å². The Bertz CT molecular complexity index is 548. The Morgan fingerprint density at radius 3 is 2.73 bits per heavy atom. The maximum absolute atomic E-state index is 12.2. The van der Waals surface area contributed by atoms with Crippen molar-refractivity contribution >= 4 is 18.0 Å². The Balaban J connectivity index is 1.94. The second-order valence-electron chi connectivity index (χ2n) is 5.26. The van der Waals surface area contributed by atoms with E-state index >= 15 is 0 Å². The largest absolute Gasteiger partial charge is 0.478 e. The number of carbonyl (C=O) groups excluding carboxylic acids is 1. The summed E-state index contributed by atoms with van der Waals surface area (Å²) in [5, 5.41) is 8.84. The van der Waals surface area contributed by atoms with Crippen LogP contribution in [0.1, 0.15) is 35.7 Å². The van der Waals surface area contributed by atoms with Gasteiger partial charge >= 0.3 is 5.97 Å². The first-order valence-corrected chi connectivity index (χ1v) is 7.52. The second-order valence-corrected chi connectivity index (χ2v) is 5.26. The van der Waals surface area contributed by atoms with E-state index in [2.05, 4.69) is 0 Å². The first-order chi connectivity index (χ1) is 10.6. The number of nitrogens with zero attached hydrogens (tertiary/aromatic N) is 1. The van der Waals surface area contributed by atoms with Gasteiger partial charge in [-0.3, -0.25) is 4.79 Å². The summed E-state index contributed by atoms with van der Waals surface area (Å²) in [4.78, 5) is 24.8. The Hall–Kier alpha value is -2.14. The van der Waals surface area contributed by atoms with Gasteiger partial charge in [-0.15, -0.1) is 0 Å². The van der Waals surface area contributed by atoms with Gasteiger partial charge in [-0.25, -0.2) is 4.79 Å². The van der Waals surface area contributed by atoms with Crippen molar-refractivity contribution in [3.63, 3.8) is 0 Å². The van der Waals surface area contributed by atoms with Gasteiger partial charge in [-0.1, -0.05) is 12.1 Å². The number of piperidine rings is 1. The minimum absolute atomic E-state index is 0.0354. The minimum atomic E-state index is -0.957. The van der Waals surface area contributed by atoms with Crippen LogP contribution in [0.5, 0.6) is 0 Å². The number of carboxylic acid groups (broad SMARTS) is 1. The standard InChI is InChI=1S/C17H21NO4/c1-2-22-15-4-3-11-18(12-15)16(19)10-7-13-5-8-14(9-6-13)17(20)21/h5-10,15H,2-4,11-12H2,1H3,(H,20,21). The van der Waals surface area contributed by atoms with Crippen molar-refractivity contribution in [3.8, 4) is 0 Å². The van der Waals surface area contributed by atoms with E-state index in [1.54, 1.807) is 23.1 Å². The van der Waals surface area contributed by atoms with Crippen LogP contribution < -0.4 is 0 Å². The Kier molecular flexibility index (Phi) is 5.72. The van der Waals surface area contributed by atoms with Gasteiger partial charge in [0.25, 0.3) is 0 Å². The summed E-state index contributed by atoms with van der Waals surface area (Å²) in [6.07, 6.45) is 5.32. The van der Waals surface area contributed by atoms with Crippen molar-refractivity contribution in [1.29, 1.82) is 0 Å². The molecule has 22 heavy (non-hydrogen) atoms. The quantitative estimate of drug-likeness (QED) is 0.848. The molecule has 5 nitrogen and oxygen atoms in total. The lowest BCUT2D eigenvalue weighted by atomic mass is 10.1. The summed E-state index contributed by atoms with van der Waals surface area (Å²) in [7, 11) is 0. The monoisotopic (exact) mass is 303 g/mol. The van der Waals surface area contributed by atoms with E-state index < -0.39 is 5.97 Å². The smallest absolute Gasteiger partial charge is 0.335 e. The first kappa shape index (κ1) is 16.2. The molecule has 0 bridgehead atoms. The fourth-order valence-corrected chi connectivity index (χ4v) is 2.52. The molecule has 1 N–H and O–H groups in total. The maximum atomic E-state index is 12.2. The number of carbonyl (C=O) groups is 2. The van der Waals surface area contributed by atoms with Crippen LogP contribution in [0.3, 0.4) is 0 Å². The van der Waals surface area contributed by atoms with E-state index in [1.165, 1.54) is 18.2 Å². The highest BCUT2D eigenvalue weighted by molar-refractivity contribution is 5.92. The molecule has 0 radical (unpaired) electrons. The third kappa shape index (κ3) is 4.43. The highest BCUT2D eigenvalue weighted by Crippen LogP contribution is 2.14. The van der Waals surface area contributed by atoms with Gasteiger partial charge in [-0.2, -0.15) is 0 Å². The number of ether oxygens (including phenoxy) is 1. The lowest BCUT2D eigenvalue weighted by Gasteiger charge is -2.31. The van der Waals surface area contributed by atoms with Crippen LogP contribution in [0.2, 0.25) is 0 Å². The first-order valence-electron chi connectivity index (χ1n) is 7.52. The number of amides is 1.